The zero-order valence-electron chi connectivity index (χ0n) is 21.2. The van der Waals surface area contributed by atoms with Crippen molar-refractivity contribution < 1.29 is 14.3 Å². The van der Waals surface area contributed by atoms with Crippen molar-refractivity contribution >= 4 is 36.0 Å². The van der Waals surface area contributed by atoms with Gasteiger partial charge in [0.2, 0.25) is 0 Å². The first kappa shape index (κ1) is 29.3. The molecule has 0 aromatic rings. The molecule has 2 fully saturated rings. The van der Waals surface area contributed by atoms with E-state index in [0.717, 1.165) is 71.2 Å². The molecule has 8 heteroatoms. The van der Waals surface area contributed by atoms with Crippen LogP contribution in [-0.4, -0.2) is 79.9 Å². The molecule has 32 heavy (non-hydrogen) atoms. The van der Waals surface area contributed by atoms with E-state index in [-0.39, 0.29) is 30.1 Å². The van der Waals surface area contributed by atoms with Crippen LogP contribution in [0, 0.1) is 11.3 Å². The van der Waals surface area contributed by atoms with Crippen LogP contribution in [0.15, 0.2) is 4.99 Å². The third-order valence-electron chi connectivity index (χ3n) is 6.26. The zero-order valence-corrected chi connectivity index (χ0v) is 23.6. The van der Waals surface area contributed by atoms with Gasteiger partial charge in [0, 0.05) is 52.5 Å². The van der Waals surface area contributed by atoms with Gasteiger partial charge < -0.3 is 24.6 Å². The largest absolute Gasteiger partial charge is 0.444 e. The Hall–Kier alpha value is -0.770. The quantitative estimate of drug-likeness (QED) is 0.179. The SMILES string of the molecule is CCNC(=NCC1(CCOCC)CC1)N1CCC(CN(CC)C(=O)OC(C)(C)C)CC1.I. The van der Waals surface area contributed by atoms with E-state index in [1.165, 1.54) is 12.8 Å². The van der Waals surface area contributed by atoms with Gasteiger partial charge in [-0.1, -0.05) is 0 Å². The van der Waals surface area contributed by atoms with E-state index in [1.807, 2.05) is 32.6 Å². The van der Waals surface area contributed by atoms with E-state index in [1.54, 1.807) is 0 Å². The van der Waals surface area contributed by atoms with E-state index in [0.29, 0.717) is 17.9 Å². The Morgan fingerprint density at radius 1 is 1.19 bits per heavy atom. The van der Waals surface area contributed by atoms with Gasteiger partial charge in [0.15, 0.2) is 5.96 Å². The molecule has 1 amide bonds. The molecule has 1 aliphatic heterocycles. The van der Waals surface area contributed by atoms with Crippen LogP contribution in [0.25, 0.3) is 0 Å². The van der Waals surface area contributed by atoms with Crippen molar-refractivity contribution in [2.45, 2.75) is 79.2 Å². The van der Waals surface area contributed by atoms with E-state index < -0.39 is 5.60 Å². The molecule has 0 radical (unpaired) electrons. The molecular weight excluding hydrogens is 519 g/mol. The molecule has 2 rings (SSSR count). The third-order valence-corrected chi connectivity index (χ3v) is 6.26. The van der Waals surface area contributed by atoms with Gasteiger partial charge in [-0.05, 0) is 85.0 Å². The van der Waals surface area contributed by atoms with Crippen molar-refractivity contribution in [3.8, 4) is 0 Å². The summed E-state index contributed by atoms with van der Waals surface area (Å²) in [5.41, 5.74) is -0.0875. The molecule has 1 heterocycles. The van der Waals surface area contributed by atoms with E-state index in [2.05, 4.69) is 24.1 Å². The maximum atomic E-state index is 12.5. The number of nitrogens with one attached hydrogen (secondary N) is 1. The molecule has 0 unspecified atom stereocenters. The lowest BCUT2D eigenvalue weighted by molar-refractivity contribution is 0.0214. The third kappa shape index (κ3) is 10.0. The van der Waals surface area contributed by atoms with Crippen LogP contribution >= 0.6 is 24.0 Å². The highest BCUT2D eigenvalue weighted by Crippen LogP contribution is 2.49. The molecule has 188 valence electrons. The molecule has 0 spiro atoms. The fourth-order valence-electron chi connectivity index (χ4n) is 4.06. The van der Waals surface area contributed by atoms with Crippen LogP contribution in [0.3, 0.4) is 0 Å². The number of likely N-dealkylation sites (tertiary alicyclic amines) is 1. The number of aliphatic imine (C=N–C) groups is 1. The predicted molar refractivity (Wildman–Crippen MR) is 142 cm³/mol. The minimum absolute atomic E-state index is 0. The fourth-order valence-corrected chi connectivity index (χ4v) is 4.06. The topological polar surface area (TPSA) is 66.4 Å². The van der Waals surface area contributed by atoms with Crippen molar-refractivity contribution in [1.29, 1.82) is 0 Å². The number of rotatable bonds is 10. The normalized spacial score (nSPS) is 18.7. The maximum absolute atomic E-state index is 12.5. The van der Waals surface area contributed by atoms with Crippen molar-refractivity contribution in [2.24, 2.45) is 16.3 Å². The summed E-state index contributed by atoms with van der Waals surface area (Å²) in [5.74, 6) is 1.55. The molecule has 1 aliphatic carbocycles. The van der Waals surface area contributed by atoms with E-state index in [9.17, 15) is 4.79 Å². The summed E-state index contributed by atoms with van der Waals surface area (Å²) in [6, 6.07) is 0. The van der Waals surface area contributed by atoms with Crippen molar-refractivity contribution in [2.75, 3.05) is 52.5 Å². The first-order valence-corrected chi connectivity index (χ1v) is 12.3. The van der Waals surface area contributed by atoms with Crippen LogP contribution in [0.2, 0.25) is 0 Å². The van der Waals surface area contributed by atoms with Gasteiger partial charge in [-0.2, -0.15) is 0 Å². The molecule has 1 saturated carbocycles. The highest BCUT2D eigenvalue weighted by atomic mass is 127. The number of carbonyl (C=O) groups is 1. The molecule has 0 aromatic carbocycles. The second-order valence-electron chi connectivity index (χ2n) is 10.1. The summed E-state index contributed by atoms with van der Waals surface area (Å²) in [7, 11) is 0. The Morgan fingerprint density at radius 3 is 2.34 bits per heavy atom. The monoisotopic (exact) mass is 566 g/mol. The molecule has 0 aromatic heterocycles. The number of ether oxygens (including phenoxy) is 2. The predicted octanol–water partition coefficient (Wildman–Crippen LogP) is 4.75. The summed E-state index contributed by atoms with van der Waals surface area (Å²) in [5, 5.41) is 3.49. The van der Waals surface area contributed by atoms with Crippen molar-refractivity contribution in [3.63, 3.8) is 0 Å². The maximum Gasteiger partial charge on any atom is 0.410 e. The average molecular weight is 567 g/mol. The minimum Gasteiger partial charge on any atom is -0.444 e. The molecule has 2 aliphatic rings. The Balaban J connectivity index is 0.00000512. The number of hydrogen-bond donors (Lipinski definition) is 1. The van der Waals surface area contributed by atoms with E-state index in [4.69, 9.17) is 14.5 Å². The van der Waals surface area contributed by atoms with Crippen molar-refractivity contribution in [3.05, 3.63) is 0 Å². The fraction of sp³-hybridized carbons (Fsp3) is 0.917. The number of carbonyl (C=O) groups excluding carboxylic acids is 1. The second kappa shape index (κ2) is 13.8. The Labute approximate surface area is 213 Å². The lowest BCUT2D eigenvalue weighted by atomic mass is 9.96. The smallest absolute Gasteiger partial charge is 0.410 e. The summed E-state index contributed by atoms with van der Waals surface area (Å²) in [6.07, 6.45) is 5.58. The highest BCUT2D eigenvalue weighted by molar-refractivity contribution is 14.0. The Kier molecular flexibility index (Phi) is 12.6. The van der Waals surface area contributed by atoms with E-state index >= 15 is 0 Å². The summed E-state index contributed by atoms with van der Waals surface area (Å²) < 4.78 is 11.1. The summed E-state index contributed by atoms with van der Waals surface area (Å²) in [6.45, 7) is 18.8. The average Bonchev–Trinajstić information content (AvgIpc) is 3.48. The standard InChI is InChI=1S/C24H46N4O3.HI/c1-7-25-21(26-19-24(12-13-24)14-17-30-9-3)28-15-10-20(11-16-28)18-27(8-2)22(29)31-23(4,5)6;/h20H,7-19H2,1-6H3,(H,25,26);1H. The van der Waals surface area contributed by atoms with Gasteiger partial charge in [0.25, 0.3) is 0 Å². The lowest BCUT2D eigenvalue weighted by Gasteiger charge is -2.36. The van der Waals surface area contributed by atoms with Crippen LogP contribution in [0.1, 0.15) is 73.6 Å². The lowest BCUT2D eigenvalue weighted by Crippen LogP contribution is -2.48. The Bertz CT molecular complexity index is 582. The van der Waals surface area contributed by atoms with Gasteiger partial charge in [-0.3, -0.25) is 4.99 Å². The highest BCUT2D eigenvalue weighted by Gasteiger charge is 2.42. The van der Waals surface area contributed by atoms with Gasteiger partial charge in [-0.15, -0.1) is 24.0 Å². The molecule has 1 saturated heterocycles. The van der Waals surface area contributed by atoms with Crippen LogP contribution in [0.4, 0.5) is 4.79 Å². The number of amides is 1. The minimum atomic E-state index is -0.452. The van der Waals surface area contributed by atoms with Crippen LogP contribution in [0.5, 0.6) is 0 Å². The number of piperidine rings is 1. The van der Waals surface area contributed by atoms with Crippen molar-refractivity contribution in [1.82, 2.24) is 15.1 Å². The van der Waals surface area contributed by atoms with Crippen LogP contribution in [-0.2, 0) is 9.47 Å². The molecule has 0 atom stereocenters. The van der Waals surface area contributed by atoms with Gasteiger partial charge in [-0.25, -0.2) is 4.79 Å². The molecule has 7 nitrogen and oxygen atoms in total. The van der Waals surface area contributed by atoms with Gasteiger partial charge >= 0.3 is 6.09 Å². The number of halogens is 1. The van der Waals surface area contributed by atoms with Gasteiger partial charge in [0.1, 0.15) is 5.60 Å². The zero-order chi connectivity index (χ0) is 22.9. The summed E-state index contributed by atoms with van der Waals surface area (Å²) >= 11 is 0. The first-order valence-electron chi connectivity index (χ1n) is 12.3. The summed E-state index contributed by atoms with van der Waals surface area (Å²) in [4.78, 5) is 21.7. The van der Waals surface area contributed by atoms with Gasteiger partial charge in [0.05, 0.1) is 0 Å². The second-order valence-corrected chi connectivity index (χ2v) is 10.1. The molecular formula is C24H47IN4O3. The molecule has 0 bridgehead atoms. The number of hydrogen-bond acceptors (Lipinski definition) is 4. The Morgan fingerprint density at radius 2 is 1.84 bits per heavy atom. The molecule has 1 N–H and O–H groups in total. The van der Waals surface area contributed by atoms with Crippen LogP contribution < -0.4 is 5.32 Å². The number of guanidine groups is 1. The number of nitrogens with zero attached hydrogens (tertiary/aromatic N) is 3. The first-order chi connectivity index (χ1) is 14.7.